The average molecular weight is 692 g/mol. The van der Waals surface area contributed by atoms with Gasteiger partial charge in [-0.3, -0.25) is 4.79 Å². The number of hydrogen-bond donors (Lipinski definition) is 0. The van der Waals surface area contributed by atoms with Gasteiger partial charge in [-0.05, 0) is 43.2 Å². The Hall–Kier alpha value is -1.89. The lowest BCUT2D eigenvalue weighted by Gasteiger charge is -2.22. The van der Waals surface area contributed by atoms with Crippen LogP contribution >= 0.6 is 22.9 Å². The van der Waals surface area contributed by atoms with E-state index in [0.29, 0.717) is 18.2 Å². The van der Waals surface area contributed by atoms with Crippen LogP contribution in [0.2, 0.25) is 5.02 Å². The molecule has 0 bridgehead atoms. The summed E-state index contributed by atoms with van der Waals surface area (Å²) in [5, 5.41) is 0.597. The van der Waals surface area contributed by atoms with Crippen LogP contribution in [0.1, 0.15) is 120 Å². The number of aryl methyl sites for hydroxylation is 1. The maximum absolute atomic E-state index is 12.6. The Labute approximate surface area is 280 Å². The molecule has 43 heavy (non-hydrogen) atoms. The van der Waals surface area contributed by atoms with Gasteiger partial charge in [0.2, 0.25) is 11.4 Å². The highest BCUT2D eigenvalue weighted by Gasteiger charge is 2.15. The summed E-state index contributed by atoms with van der Waals surface area (Å²) in [6.07, 6.45) is 21.0. The van der Waals surface area contributed by atoms with Crippen molar-refractivity contribution in [3.05, 3.63) is 75.2 Å². The van der Waals surface area contributed by atoms with Crippen molar-refractivity contribution >= 4 is 34.5 Å². The Kier molecular flexibility index (Phi) is 18.9. The van der Waals surface area contributed by atoms with Gasteiger partial charge in [0.1, 0.15) is 5.75 Å². The lowest BCUT2D eigenvalue weighted by molar-refractivity contribution is -0.683. The number of amides is 1. The number of thiazole rings is 1. The molecule has 3 rings (SSSR count). The second-order valence-electron chi connectivity index (χ2n) is 11.6. The fourth-order valence-electron chi connectivity index (χ4n) is 5.37. The Morgan fingerprint density at radius 2 is 1.49 bits per heavy atom. The number of hydrogen-bond acceptors (Lipinski definition) is 3. The molecular formula is C36H52BrClN2O2S. The zero-order valence-electron chi connectivity index (χ0n) is 26.6. The first-order chi connectivity index (χ1) is 20.5. The zero-order chi connectivity index (χ0) is 30.0. The normalized spacial score (nSPS) is 10.9. The van der Waals surface area contributed by atoms with Crippen LogP contribution in [0.3, 0.4) is 0 Å². The molecule has 4 nitrogen and oxygen atoms in total. The average Bonchev–Trinajstić information content (AvgIpc) is 3.38. The maximum Gasteiger partial charge on any atom is 0.225 e. The molecule has 1 amide bonds. The third-order valence-electron chi connectivity index (χ3n) is 7.78. The number of carbonyl (C=O) groups excluding carboxylic acids is 1. The molecule has 0 aliphatic heterocycles. The molecule has 3 aromatic rings. The molecule has 0 N–H and O–H groups in total. The van der Waals surface area contributed by atoms with E-state index < -0.39 is 0 Å². The number of anilines is 1. The number of carbonyl (C=O) groups is 1. The first-order valence-corrected chi connectivity index (χ1v) is 17.4. The van der Waals surface area contributed by atoms with Gasteiger partial charge in [-0.2, -0.15) is 4.57 Å². The minimum Gasteiger partial charge on any atom is -1.00 e. The van der Waals surface area contributed by atoms with Gasteiger partial charge in [0.05, 0.1) is 23.1 Å². The predicted molar refractivity (Wildman–Crippen MR) is 179 cm³/mol. The third kappa shape index (κ3) is 14.6. The van der Waals surface area contributed by atoms with Crippen molar-refractivity contribution in [2.75, 3.05) is 11.5 Å². The number of aromatic nitrogens is 1. The minimum atomic E-state index is 0. The van der Waals surface area contributed by atoms with Crippen molar-refractivity contribution in [2.24, 2.45) is 0 Å². The van der Waals surface area contributed by atoms with Crippen LogP contribution in [0.25, 0.3) is 0 Å². The largest absolute Gasteiger partial charge is 1.00 e. The Morgan fingerprint density at radius 3 is 2.05 bits per heavy atom. The van der Waals surface area contributed by atoms with E-state index in [0.717, 1.165) is 35.5 Å². The number of rotatable bonds is 21. The number of benzene rings is 2. The highest BCUT2D eigenvalue weighted by molar-refractivity contribution is 7.09. The summed E-state index contributed by atoms with van der Waals surface area (Å²) in [5.74, 6) is 0.718. The van der Waals surface area contributed by atoms with Gasteiger partial charge < -0.3 is 26.6 Å². The van der Waals surface area contributed by atoms with Crippen molar-refractivity contribution in [2.45, 2.75) is 124 Å². The predicted octanol–water partition coefficient (Wildman–Crippen LogP) is 7.46. The molecule has 7 heteroatoms. The van der Waals surface area contributed by atoms with Gasteiger partial charge in [-0.15, -0.1) is 0 Å². The summed E-state index contributed by atoms with van der Waals surface area (Å²) in [6, 6.07) is 14.1. The molecule has 0 radical (unpaired) electrons. The molecule has 2 aromatic carbocycles. The second-order valence-corrected chi connectivity index (χ2v) is 13.1. The first-order valence-electron chi connectivity index (χ1n) is 16.2. The molecule has 0 atom stereocenters. The summed E-state index contributed by atoms with van der Waals surface area (Å²) in [7, 11) is 0. The SMILES string of the molecule is CCCCCCCCCCCCCCCCOc1ccc(CN(C(C)=O)c2cccc(C[n+]3csc(C)c3)c2)cc1Cl.[Br-]. The van der Waals surface area contributed by atoms with Crippen molar-refractivity contribution in [3.8, 4) is 5.75 Å². The van der Waals surface area contributed by atoms with Crippen LogP contribution in [0, 0.1) is 6.92 Å². The quantitative estimate of drug-likeness (QED) is 0.0859. The molecule has 0 unspecified atom stereocenters. The summed E-state index contributed by atoms with van der Waals surface area (Å²) in [4.78, 5) is 15.7. The van der Waals surface area contributed by atoms with Gasteiger partial charge in [0.25, 0.3) is 0 Å². The van der Waals surface area contributed by atoms with E-state index in [2.05, 4.69) is 42.3 Å². The van der Waals surface area contributed by atoms with Crippen LogP contribution < -0.4 is 31.2 Å². The molecule has 1 aromatic heterocycles. The van der Waals surface area contributed by atoms with Crippen molar-refractivity contribution < 1.29 is 31.1 Å². The van der Waals surface area contributed by atoms with Crippen molar-refractivity contribution in [1.29, 1.82) is 0 Å². The van der Waals surface area contributed by atoms with Gasteiger partial charge >= 0.3 is 0 Å². The van der Waals surface area contributed by atoms with Crippen molar-refractivity contribution in [3.63, 3.8) is 0 Å². The van der Waals surface area contributed by atoms with E-state index >= 15 is 0 Å². The summed E-state index contributed by atoms with van der Waals surface area (Å²) >= 11 is 8.32. The van der Waals surface area contributed by atoms with E-state index in [-0.39, 0.29) is 22.9 Å². The van der Waals surface area contributed by atoms with Gasteiger partial charge in [0, 0.05) is 18.2 Å². The number of halogens is 2. The Morgan fingerprint density at radius 1 is 0.860 bits per heavy atom. The molecule has 0 saturated heterocycles. The Balaban J connectivity index is 0.00000645. The fourth-order valence-corrected chi connectivity index (χ4v) is 6.26. The van der Waals surface area contributed by atoms with Gasteiger partial charge in [-0.25, -0.2) is 0 Å². The summed E-state index contributed by atoms with van der Waals surface area (Å²) < 4.78 is 8.17. The molecule has 0 aliphatic rings. The van der Waals surface area contributed by atoms with E-state index in [1.807, 2.05) is 30.3 Å². The molecule has 0 spiro atoms. The van der Waals surface area contributed by atoms with Crippen LogP contribution in [0.5, 0.6) is 5.75 Å². The van der Waals surface area contributed by atoms with Crippen LogP contribution in [-0.4, -0.2) is 12.5 Å². The minimum absolute atomic E-state index is 0. The zero-order valence-corrected chi connectivity index (χ0v) is 29.8. The standard InChI is InChI=1S/C36H52ClN2O2S.BrH/c1-4-5-6-7-8-9-10-11-12-13-14-15-16-17-23-41-36-22-21-33(25-35(36)37)28-39(31(3)40)34-20-18-19-32(24-34)27-38-26-30(2)42-29-38;/h18-22,24-26,29H,4-17,23,27-28H2,1-3H3;1H/q+1;/p-1. The lowest BCUT2D eigenvalue weighted by atomic mass is 10.0. The Bertz CT molecular complexity index is 1200. The monoisotopic (exact) mass is 690 g/mol. The lowest BCUT2D eigenvalue weighted by Crippen LogP contribution is -3.00. The van der Waals surface area contributed by atoms with E-state index in [4.69, 9.17) is 16.3 Å². The smallest absolute Gasteiger partial charge is 0.225 e. The molecule has 238 valence electrons. The first kappa shape index (κ1) is 37.3. The highest BCUT2D eigenvalue weighted by Crippen LogP contribution is 2.28. The van der Waals surface area contributed by atoms with Crippen LogP contribution in [-0.2, 0) is 17.9 Å². The summed E-state index contributed by atoms with van der Waals surface area (Å²) in [5.41, 5.74) is 5.15. The molecule has 1 heterocycles. The van der Waals surface area contributed by atoms with E-state index in [1.165, 1.54) is 88.3 Å². The fraction of sp³-hybridized carbons (Fsp3) is 0.556. The van der Waals surface area contributed by atoms with Gasteiger partial charge in [0.15, 0.2) is 12.7 Å². The molecule has 0 aliphatic carbocycles. The van der Waals surface area contributed by atoms with Crippen LogP contribution in [0.4, 0.5) is 5.69 Å². The molecular weight excluding hydrogens is 640 g/mol. The second kappa shape index (κ2) is 21.8. The number of unbranched alkanes of at least 4 members (excludes halogenated alkanes) is 13. The van der Waals surface area contributed by atoms with E-state index in [9.17, 15) is 4.79 Å². The topological polar surface area (TPSA) is 33.4 Å². The van der Waals surface area contributed by atoms with Crippen LogP contribution in [0.15, 0.2) is 54.2 Å². The van der Waals surface area contributed by atoms with E-state index in [1.54, 1.807) is 23.2 Å². The highest BCUT2D eigenvalue weighted by atomic mass is 79.9. The number of ether oxygens (including phenoxy) is 1. The molecule has 0 fully saturated rings. The number of nitrogens with zero attached hydrogens (tertiary/aromatic N) is 2. The third-order valence-corrected chi connectivity index (χ3v) is 8.93. The molecule has 0 saturated carbocycles. The van der Waals surface area contributed by atoms with Gasteiger partial charge in [-0.1, -0.05) is 132 Å². The van der Waals surface area contributed by atoms with Crippen molar-refractivity contribution in [1.82, 2.24) is 0 Å². The summed E-state index contributed by atoms with van der Waals surface area (Å²) in [6.45, 7) is 7.92. The maximum atomic E-state index is 12.6.